The molecule has 0 spiro atoms. The van der Waals surface area contributed by atoms with Gasteiger partial charge in [0, 0.05) is 31.4 Å². The molecule has 2 aromatic heterocycles. The van der Waals surface area contributed by atoms with Gasteiger partial charge in [-0.2, -0.15) is 0 Å². The Morgan fingerprint density at radius 1 is 1.35 bits per heavy atom. The minimum absolute atomic E-state index is 0.0452. The number of carbonyl (C=O) groups is 1. The molecule has 23 heavy (non-hydrogen) atoms. The second-order valence-electron chi connectivity index (χ2n) is 5.86. The standard InChI is InChI=1S/C17H21N5O/c1-12-8-17(21-11-20-12)22-7-3-4-16(22)14-5-6-18-15(9-14)10-19-13(2)23/h5-6,8-9,11,16H,3-4,7,10H2,1-2H3,(H,19,23)/t16-/m1/s1. The van der Waals surface area contributed by atoms with Gasteiger partial charge >= 0.3 is 0 Å². The first-order valence-electron chi connectivity index (χ1n) is 7.88. The van der Waals surface area contributed by atoms with Crippen LogP contribution in [0.2, 0.25) is 0 Å². The second-order valence-corrected chi connectivity index (χ2v) is 5.86. The summed E-state index contributed by atoms with van der Waals surface area (Å²) in [6.07, 6.45) is 5.66. The summed E-state index contributed by atoms with van der Waals surface area (Å²) < 4.78 is 0. The van der Waals surface area contributed by atoms with Gasteiger partial charge in [-0.25, -0.2) is 9.97 Å². The molecular weight excluding hydrogens is 290 g/mol. The average Bonchev–Trinajstić information content (AvgIpc) is 3.03. The van der Waals surface area contributed by atoms with Crippen LogP contribution >= 0.6 is 0 Å². The zero-order chi connectivity index (χ0) is 16.2. The fraction of sp³-hybridized carbons (Fsp3) is 0.412. The number of nitrogens with one attached hydrogen (secondary N) is 1. The van der Waals surface area contributed by atoms with E-state index in [1.165, 1.54) is 12.5 Å². The summed E-state index contributed by atoms with van der Waals surface area (Å²) in [5.41, 5.74) is 3.07. The van der Waals surface area contributed by atoms with Gasteiger partial charge in [0.1, 0.15) is 12.1 Å². The van der Waals surface area contributed by atoms with Crippen molar-refractivity contribution < 1.29 is 4.79 Å². The number of nitrogens with zero attached hydrogens (tertiary/aromatic N) is 4. The number of amides is 1. The van der Waals surface area contributed by atoms with Crippen molar-refractivity contribution in [1.29, 1.82) is 0 Å². The Labute approximate surface area is 136 Å². The summed E-state index contributed by atoms with van der Waals surface area (Å²) in [7, 11) is 0. The minimum Gasteiger partial charge on any atom is -0.351 e. The number of hydrogen-bond acceptors (Lipinski definition) is 5. The van der Waals surface area contributed by atoms with E-state index in [1.807, 2.05) is 25.3 Å². The Bertz CT molecular complexity index is 703. The molecule has 6 heteroatoms. The second kappa shape index (κ2) is 6.73. The van der Waals surface area contributed by atoms with Gasteiger partial charge in [-0.3, -0.25) is 9.78 Å². The van der Waals surface area contributed by atoms with E-state index in [0.29, 0.717) is 12.6 Å². The van der Waals surface area contributed by atoms with E-state index in [2.05, 4.69) is 31.2 Å². The van der Waals surface area contributed by atoms with Gasteiger partial charge in [0.25, 0.3) is 0 Å². The Morgan fingerprint density at radius 2 is 2.22 bits per heavy atom. The van der Waals surface area contributed by atoms with Gasteiger partial charge in [-0.05, 0) is 37.5 Å². The van der Waals surface area contributed by atoms with Crippen LogP contribution in [-0.4, -0.2) is 27.4 Å². The predicted octanol–water partition coefficient (Wildman–Crippen LogP) is 2.16. The van der Waals surface area contributed by atoms with Crippen LogP contribution in [0.4, 0.5) is 5.82 Å². The number of anilines is 1. The van der Waals surface area contributed by atoms with Crippen molar-refractivity contribution in [2.24, 2.45) is 0 Å². The molecule has 0 saturated carbocycles. The molecule has 0 unspecified atom stereocenters. The molecule has 1 fully saturated rings. The van der Waals surface area contributed by atoms with Gasteiger partial charge < -0.3 is 10.2 Å². The Kier molecular flexibility index (Phi) is 4.50. The largest absolute Gasteiger partial charge is 0.351 e. The van der Waals surface area contributed by atoms with E-state index in [9.17, 15) is 4.79 Å². The van der Waals surface area contributed by atoms with E-state index in [4.69, 9.17) is 0 Å². The number of hydrogen-bond donors (Lipinski definition) is 1. The molecule has 1 N–H and O–H groups in total. The first kappa shape index (κ1) is 15.4. The molecule has 1 aliphatic rings. The SMILES string of the molecule is CC(=O)NCc1cc([C@H]2CCCN2c2cc(C)ncn2)ccn1. The van der Waals surface area contributed by atoms with Crippen molar-refractivity contribution >= 4 is 11.7 Å². The van der Waals surface area contributed by atoms with Crippen molar-refractivity contribution in [1.82, 2.24) is 20.3 Å². The average molecular weight is 311 g/mol. The summed E-state index contributed by atoms with van der Waals surface area (Å²) in [6, 6.07) is 6.45. The van der Waals surface area contributed by atoms with Crippen molar-refractivity contribution in [2.75, 3.05) is 11.4 Å². The summed E-state index contributed by atoms with van der Waals surface area (Å²) in [6.45, 7) is 4.95. The first-order valence-corrected chi connectivity index (χ1v) is 7.88. The highest BCUT2D eigenvalue weighted by molar-refractivity contribution is 5.72. The van der Waals surface area contributed by atoms with Crippen molar-refractivity contribution in [3.63, 3.8) is 0 Å². The number of rotatable bonds is 4. The third-order valence-electron chi connectivity index (χ3n) is 4.08. The number of carbonyl (C=O) groups excluding carboxylic acids is 1. The fourth-order valence-electron chi connectivity index (χ4n) is 3.00. The predicted molar refractivity (Wildman–Crippen MR) is 87.8 cm³/mol. The van der Waals surface area contributed by atoms with Gasteiger partial charge in [0.2, 0.25) is 5.91 Å². The first-order chi connectivity index (χ1) is 11.1. The lowest BCUT2D eigenvalue weighted by Crippen LogP contribution is -2.24. The molecule has 120 valence electrons. The number of aryl methyl sites for hydroxylation is 1. The van der Waals surface area contributed by atoms with Crippen LogP contribution in [0.15, 0.2) is 30.7 Å². The highest BCUT2D eigenvalue weighted by atomic mass is 16.1. The maximum atomic E-state index is 11.1. The lowest BCUT2D eigenvalue weighted by Gasteiger charge is -2.26. The molecule has 1 aliphatic heterocycles. The molecule has 3 heterocycles. The molecule has 0 radical (unpaired) electrons. The van der Waals surface area contributed by atoms with E-state index >= 15 is 0 Å². The summed E-state index contributed by atoms with van der Waals surface area (Å²) in [5.74, 6) is 0.927. The topological polar surface area (TPSA) is 71.0 Å². The molecule has 6 nitrogen and oxygen atoms in total. The van der Waals surface area contributed by atoms with Crippen LogP contribution in [0.5, 0.6) is 0 Å². The van der Waals surface area contributed by atoms with Crippen molar-refractivity contribution in [2.45, 2.75) is 39.3 Å². The monoisotopic (exact) mass is 311 g/mol. The minimum atomic E-state index is -0.0452. The molecule has 3 rings (SSSR count). The highest BCUT2D eigenvalue weighted by Gasteiger charge is 2.27. The van der Waals surface area contributed by atoms with Crippen molar-refractivity contribution in [3.8, 4) is 0 Å². The van der Waals surface area contributed by atoms with Crippen LogP contribution in [0, 0.1) is 6.92 Å². The van der Waals surface area contributed by atoms with Crippen LogP contribution in [0.3, 0.4) is 0 Å². The van der Waals surface area contributed by atoms with E-state index in [1.54, 1.807) is 6.33 Å². The lowest BCUT2D eigenvalue weighted by atomic mass is 10.0. The Morgan fingerprint density at radius 3 is 3.00 bits per heavy atom. The van der Waals surface area contributed by atoms with Crippen LogP contribution < -0.4 is 10.2 Å². The Hall–Kier alpha value is -2.50. The molecule has 0 aromatic carbocycles. The molecule has 1 saturated heterocycles. The number of pyridine rings is 1. The van der Waals surface area contributed by atoms with Crippen LogP contribution in [0.25, 0.3) is 0 Å². The third-order valence-corrected chi connectivity index (χ3v) is 4.08. The van der Waals surface area contributed by atoms with E-state index in [-0.39, 0.29) is 5.91 Å². The fourth-order valence-corrected chi connectivity index (χ4v) is 3.00. The molecule has 1 amide bonds. The van der Waals surface area contributed by atoms with Crippen molar-refractivity contribution in [3.05, 3.63) is 47.7 Å². The van der Waals surface area contributed by atoms with E-state index < -0.39 is 0 Å². The number of aromatic nitrogens is 3. The van der Waals surface area contributed by atoms with Gasteiger partial charge in [-0.1, -0.05) is 0 Å². The quantitative estimate of drug-likeness (QED) is 0.937. The molecule has 1 atom stereocenters. The lowest BCUT2D eigenvalue weighted by molar-refractivity contribution is -0.119. The molecule has 0 bridgehead atoms. The maximum absolute atomic E-state index is 11.1. The van der Waals surface area contributed by atoms with E-state index in [0.717, 1.165) is 36.6 Å². The highest BCUT2D eigenvalue weighted by Crippen LogP contribution is 2.35. The Balaban J connectivity index is 1.82. The zero-order valence-corrected chi connectivity index (χ0v) is 13.5. The zero-order valence-electron chi connectivity index (χ0n) is 13.5. The summed E-state index contributed by atoms with van der Waals surface area (Å²) in [4.78, 5) is 26.3. The maximum Gasteiger partial charge on any atom is 0.217 e. The van der Waals surface area contributed by atoms with Crippen LogP contribution in [-0.2, 0) is 11.3 Å². The van der Waals surface area contributed by atoms with Gasteiger partial charge in [-0.15, -0.1) is 0 Å². The normalized spacial score (nSPS) is 17.3. The summed E-state index contributed by atoms with van der Waals surface area (Å²) in [5, 5.41) is 2.79. The molecular formula is C17H21N5O. The molecule has 0 aliphatic carbocycles. The third kappa shape index (κ3) is 3.64. The summed E-state index contributed by atoms with van der Waals surface area (Å²) >= 11 is 0. The van der Waals surface area contributed by atoms with Gasteiger partial charge in [0.05, 0.1) is 18.3 Å². The molecule has 2 aromatic rings. The van der Waals surface area contributed by atoms with Gasteiger partial charge in [0.15, 0.2) is 0 Å². The van der Waals surface area contributed by atoms with Crippen LogP contribution in [0.1, 0.15) is 42.8 Å². The smallest absolute Gasteiger partial charge is 0.217 e.